The van der Waals surface area contributed by atoms with Crippen LogP contribution >= 0.6 is 0 Å². The quantitative estimate of drug-likeness (QED) is 0.496. The largest absolute Gasteiger partial charge is 0.444 e. The van der Waals surface area contributed by atoms with Crippen molar-refractivity contribution < 1.29 is 36.7 Å². The summed E-state index contributed by atoms with van der Waals surface area (Å²) in [6.45, 7) is 0.272. The van der Waals surface area contributed by atoms with Gasteiger partial charge in [0.25, 0.3) is 5.91 Å². The number of amides is 4. The van der Waals surface area contributed by atoms with Gasteiger partial charge in [0, 0.05) is 30.9 Å². The highest BCUT2D eigenvalue weighted by Gasteiger charge is 2.62. The normalized spacial score (nSPS) is 30.2. The lowest BCUT2D eigenvalue weighted by atomic mass is 10.1. The van der Waals surface area contributed by atoms with Crippen LogP contribution in [-0.2, 0) is 42.2 Å². The summed E-state index contributed by atoms with van der Waals surface area (Å²) in [4.78, 5) is 56.3. The van der Waals surface area contributed by atoms with Crippen LogP contribution < -0.4 is 10.0 Å². The van der Waals surface area contributed by atoms with Crippen molar-refractivity contribution in [1.29, 1.82) is 0 Å². The first-order chi connectivity index (χ1) is 20.6. The number of nitrogens with zero attached hydrogens (tertiary/aromatic N) is 2. The minimum absolute atomic E-state index is 0.0103. The molecule has 11 nitrogen and oxygen atoms in total. The molecule has 1 aromatic carbocycles. The van der Waals surface area contributed by atoms with Crippen LogP contribution in [0.15, 0.2) is 30.4 Å². The van der Waals surface area contributed by atoms with E-state index in [-0.39, 0.29) is 50.7 Å². The smallest absolute Gasteiger partial charge is 0.410 e. The molecule has 232 valence electrons. The number of benzene rings is 1. The molecule has 0 radical (unpaired) electrons. The first-order valence-corrected chi connectivity index (χ1v) is 16.7. The van der Waals surface area contributed by atoms with Gasteiger partial charge >= 0.3 is 6.09 Å². The molecular weight excluding hydrogens is 579 g/mol. The average Bonchev–Trinajstić information content (AvgIpc) is 3.84. The minimum Gasteiger partial charge on any atom is -0.444 e. The van der Waals surface area contributed by atoms with Crippen LogP contribution in [0, 0.1) is 11.7 Å². The van der Waals surface area contributed by atoms with Crippen LogP contribution in [0.2, 0.25) is 0 Å². The van der Waals surface area contributed by atoms with E-state index in [1.54, 1.807) is 12.1 Å². The molecule has 13 heteroatoms. The van der Waals surface area contributed by atoms with Gasteiger partial charge in [-0.15, -0.1) is 0 Å². The Morgan fingerprint density at radius 2 is 1.88 bits per heavy atom. The highest BCUT2D eigenvalue weighted by atomic mass is 32.2. The average molecular weight is 617 g/mol. The summed E-state index contributed by atoms with van der Waals surface area (Å²) in [6.07, 6.45) is 7.98. The first-order valence-electron chi connectivity index (χ1n) is 15.1. The van der Waals surface area contributed by atoms with Gasteiger partial charge in [0.15, 0.2) is 0 Å². The van der Waals surface area contributed by atoms with Crippen LogP contribution in [0.1, 0.15) is 75.3 Å². The SMILES string of the molecule is O=C1N[C@]2(C(=O)NS(=O)(=O)C3CC3)C[C@H]2/C=C\CCCCCCC(=O)N2CC(OC(=O)N3Cc4cccc(F)c4C3)C[C@@H]12. The number of allylic oxidation sites excluding steroid dienone is 1. The third-order valence-electron chi connectivity index (χ3n) is 9.18. The molecule has 0 bridgehead atoms. The molecule has 2 aliphatic carbocycles. The number of carbonyl (C=O) groups is 4. The topological polar surface area (TPSA) is 142 Å². The number of hydrogen-bond acceptors (Lipinski definition) is 7. The fourth-order valence-electron chi connectivity index (χ4n) is 6.40. The zero-order valence-electron chi connectivity index (χ0n) is 23.9. The maximum atomic E-state index is 14.2. The molecule has 4 atom stereocenters. The Balaban J connectivity index is 1.18. The fraction of sp³-hybridized carbons (Fsp3) is 0.600. The number of hydrogen-bond donors (Lipinski definition) is 2. The predicted octanol–water partition coefficient (Wildman–Crippen LogP) is 2.64. The Morgan fingerprint density at radius 1 is 1.09 bits per heavy atom. The molecule has 0 spiro atoms. The summed E-state index contributed by atoms with van der Waals surface area (Å²) in [7, 11) is -3.83. The molecule has 4 amide bonds. The zero-order chi connectivity index (χ0) is 30.4. The van der Waals surface area contributed by atoms with Crippen LogP contribution in [0.5, 0.6) is 0 Å². The van der Waals surface area contributed by atoms with Crippen molar-refractivity contribution in [2.45, 2.75) is 100 Å². The highest BCUT2D eigenvalue weighted by molar-refractivity contribution is 7.91. The molecule has 0 aromatic heterocycles. The van der Waals surface area contributed by atoms with E-state index < -0.39 is 56.7 Å². The molecular formula is C30H37FN4O7S. The maximum absolute atomic E-state index is 14.2. The maximum Gasteiger partial charge on any atom is 0.410 e. The van der Waals surface area contributed by atoms with E-state index in [4.69, 9.17) is 4.74 Å². The molecule has 5 aliphatic rings. The monoisotopic (exact) mass is 616 g/mol. The molecule has 1 saturated heterocycles. The van der Waals surface area contributed by atoms with E-state index in [9.17, 15) is 32.0 Å². The molecule has 3 fully saturated rings. The number of sulfonamides is 1. The van der Waals surface area contributed by atoms with E-state index in [2.05, 4.69) is 10.0 Å². The Kier molecular flexibility index (Phi) is 7.95. The molecule has 43 heavy (non-hydrogen) atoms. The number of ether oxygens (including phenoxy) is 1. The van der Waals surface area contributed by atoms with Crippen molar-refractivity contribution in [2.24, 2.45) is 5.92 Å². The fourth-order valence-corrected chi connectivity index (χ4v) is 7.76. The highest BCUT2D eigenvalue weighted by Crippen LogP contribution is 2.46. The van der Waals surface area contributed by atoms with Crippen LogP contribution in [-0.4, -0.2) is 71.5 Å². The second kappa shape index (κ2) is 11.5. The van der Waals surface area contributed by atoms with Crippen molar-refractivity contribution in [3.8, 4) is 0 Å². The minimum atomic E-state index is -3.83. The van der Waals surface area contributed by atoms with Gasteiger partial charge < -0.3 is 15.0 Å². The molecule has 6 rings (SSSR count). The molecule has 2 saturated carbocycles. The summed E-state index contributed by atoms with van der Waals surface area (Å²) in [5.74, 6) is -2.38. The van der Waals surface area contributed by atoms with Crippen LogP contribution in [0.25, 0.3) is 0 Å². The predicted molar refractivity (Wildman–Crippen MR) is 152 cm³/mol. The van der Waals surface area contributed by atoms with Gasteiger partial charge in [-0.3, -0.25) is 24.0 Å². The van der Waals surface area contributed by atoms with Gasteiger partial charge in [0.1, 0.15) is 23.5 Å². The first kappa shape index (κ1) is 29.6. The molecule has 3 aliphatic heterocycles. The van der Waals surface area contributed by atoms with Crippen molar-refractivity contribution in [1.82, 2.24) is 19.8 Å². The summed E-state index contributed by atoms with van der Waals surface area (Å²) in [5.41, 5.74) is -0.302. The third-order valence-corrected chi connectivity index (χ3v) is 11.0. The van der Waals surface area contributed by atoms with E-state index >= 15 is 0 Å². The second-order valence-electron chi connectivity index (χ2n) is 12.4. The van der Waals surface area contributed by atoms with Crippen molar-refractivity contribution >= 4 is 33.8 Å². The molecule has 2 N–H and O–H groups in total. The summed E-state index contributed by atoms with van der Waals surface area (Å²) in [6, 6.07) is 3.68. The van der Waals surface area contributed by atoms with Crippen LogP contribution in [0.3, 0.4) is 0 Å². The van der Waals surface area contributed by atoms with E-state index in [1.165, 1.54) is 15.9 Å². The Labute approximate surface area is 250 Å². The summed E-state index contributed by atoms with van der Waals surface area (Å²) < 4.78 is 47.3. The number of rotatable bonds is 4. The Hall–Kier alpha value is -3.48. The number of nitrogens with one attached hydrogen (secondary N) is 2. The van der Waals surface area contributed by atoms with Gasteiger partial charge in [-0.25, -0.2) is 17.6 Å². The lowest BCUT2D eigenvalue weighted by molar-refractivity contribution is -0.139. The van der Waals surface area contributed by atoms with Crippen molar-refractivity contribution in [3.05, 3.63) is 47.3 Å². The van der Waals surface area contributed by atoms with Crippen molar-refractivity contribution in [2.75, 3.05) is 6.54 Å². The summed E-state index contributed by atoms with van der Waals surface area (Å²) >= 11 is 0. The van der Waals surface area contributed by atoms with Gasteiger partial charge in [-0.1, -0.05) is 37.1 Å². The van der Waals surface area contributed by atoms with Gasteiger partial charge in [0.05, 0.1) is 18.3 Å². The molecule has 3 heterocycles. The number of fused-ring (bicyclic) bond motifs is 3. The van der Waals surface area contributed by atoms with E-state index in [1.807, 2.05) is 12.2 Å². The van der Waals surface area contributed by atoms with Crippen molar-refractivity contribution in [3.63, 3.8) is 0 Å². The van der Waals surface area contributed by atoms with E-state index in [0.717, 1.165) is 25.7 Å². The van der Waals surface area contributed by atoms with Gasteiger partial charge in [-0.2, -0.15) is 0 Å². The van der Waals surface area contributed by atoms with Gasteiger partial charge in [-0.05, 0) is 50.2 Å². The standard InChI is InChI=1S/C30H37FN4O7S/c31-24-10-7-8-19-16-34(18-23(19)24)29(39)42-21-14-25-27(37)32-30(28(38)33-43(40,41)22-12-13-22)15-20(30)9-5-3-1-2-4-6-11-26(36)35(25)17-21/h5,7-10,20-22,25H,1-4,6,11-18H2,(H,32,37)(H,33,38)/b9-5-/t20-,21?,25+,30-/m1/s1. The lowest BCUT2D eigenvalue weighted by Gasteiger charge is -2.26. The Morgan fingerprint density at radius 3 is 2.65 bits per heavy atom. The molecule has 1 unspecified atom stereocenters. The third kappa shape index (κ3) is 6.13. The second-order valence-corrected chi connectivity index (χ2v) is 14.3. The lowest BCUT2D eigenvalue weighted by Crippen LogP contribution is -2.56. The molecule has 1 aromatic rings. The zero-order valence-corrected chi connectivity index (χ0v) is 24.7. The summed E-state index contributed by atoms with van der Waals surface area (Å²) in [5, 5.41) is 2.20. The Bertz CT molecular complexity index is 1460. The van der Waals surface area contributed by atoms with Gasteiger partial charge in [0.2, 0.25) is 21.8 Å². The van der Waals surface area contributed by atoms with E-state index in [0.29, 0.717) is 30.4 Å². The number of carbonyl (C=O) groups excluding carboxylic acids is 4. The van der Waals surface area contributed by atoms with Crippen LogP contribution in [0.4, 0.5) is 9.18 Å². The number of halogens is 1.